The van der Waals surface area contributed by atoms with E-state index in [2.05, 4.69) is 5.32 Å². The number of hydrogen-bond donors (Lipinski definition) is 2. The largest absolute Gasteiger partial charge is 0.478 e. The van der Waals surface area contributed by atoms with Gasteiger partial charge in [0.15, 0.2) is 0 Å². The van der Waals surface area contributed by atoms with Crippen LogP contribution in [0.2, 0.25) is 0 Å². The quantitative estimate of drug-likeness (QED) is 0.709. The van der Waals surface area contributed by atoms with E-state index in [0.717, 1.165) is 5.56 Å². The molecule has 3 nitrogen and oxygen atoms in total. The number of hydrogen-bond acceptors (Lipinski definition) is 2. The number of rotatable bonds is 1. The van der Waals surface area contributed by atoms with Crippen LogP contribution < -0.4 is 5.32 Å². The molecule has 1 aliphatic rings. The van der Waals surface area contributed by atoms with Crippen LogP contribution in [0.1, 0.15) is 15.9 Å². The summed E-state index contributed by atoms with van der Waals surface area (Å²) in [6, 6.07) is 5.19. The monoisotopic (exact) mass is 187 g/mol. The molecule has 1 aromatic rings. The fourth-order valence-electron chi connectivity index (χ4n) is 1.39. The Bertz CT molecular complexity index is 433. The van der Waals surface area contributed by atoms with E-state index >= 15 is 0 Å². The van der Waals surface area contributed by atoms with Crippen LogP contribution in [-0.2, 0) is 0 Å². The number of carboxylic acids is 1. The van der Waals surface area contributed by atoms with E-state index < -0.39 is 5.97 Å². The first kappa shape index (κ1) is 8.56. The highest BCUT2D eigenvalue weighted by molar-refractivity contribution is 5.97. The van der Waals surface area contributed by atoms with Crippen molar-refractivity contribution in [3.8, 4) is 0 Å². The lowest BCUT2D eigenvalue weighted by Gasteiger charge is -2.07. The van der Waals surface area contributed by atoms with Crippen LogP contribution in [-0.4, -0.2) is 11.1 Å². The minimum atomic E-state index is -0.918. The SMILES string of the molecule is O=C(O)c1cccc2c1NC=CC=C2. The highest BCUT2D eigenvalue weighted by Crippen LogP contribution is 2.24. The van der Waals surface area contributed by atoms with Crippen molar-refractivity contribution in [3.63, 3.8) is 0 Å². The highest BCUT2D eigenvalue weighted by Gasteiger charge is 2.11. The molecule has 0 unspecified atom stereocenters. The second kappa shape index (κ2) is 3.38. The molecule has 70 valence electrons. The summed E-state index contributed by atoms with van der Waals surface area (Å²) < 4.78 is 0. The fourth-order valence-corrected chi connectivity index (χ4v) is 1.39. The lowest BCUT2D eigenvalue weighted by molar-refractivity contribution is 0.0698. The summed E-state index contributed by atoms with van der Waals surface area (Å²) in [5.41, 5.74) is 1.82. The minimum absolute atomic E-state index is 0.290. The van der Waals surface area contributed by atoms with Crippen molar-refractivity contribution in [2.24, 2.45) is 0 Å². The van der Waals surface area contributed by atoms with Crippen LogP contribution in [0.25, 0.3) is 6.08 Å². The summed E-state index contributed by atoms with van der Waals surface area (Å²) in [5, 5.41) is 11.9. The molecule has 0 aliphatic carbocycles. The number of allylic oxidation sites excluding steroid dienone is 2. The number of anilines is 1. The molecule has 1 heterocycles. The van der Waals surface area contributed by atoms with E-state index in [1.54, 1.807) is 18.3 Å². The highest BCUT2D eigenvalue weighted by atomic mass is 16.4. The summed E-state index contributed by atoms with van der Waals surface area (Å²) in [6.45, 7) is 0. The zero-order valence-electron chi connectivity index (χ0n) is 7.40. The standard InChI is InChI=1S/C11H9NO2/c13-11(14)9-6-3-5-8-4-1-2-7-12-10(8)9/h1-7,12H,(H,13,14). The molecule has 1 aromatic carbocycles. The van der Waals surface area contributed by atoms with E-state index in [4.69, 9.17) is 5.11 Å². The van der Waals surface area contributed by atoms with Crippen LogP contribution >= 0.6 is 0 Å². The summed E-state index contributed by atoms with van der Waals surface area (Å²) in [4.78, 5) is 10.9. The summed E-state index contributed by atoms with van der Waals surface area (Å²) in [7, 11) is 0. The molecule has 0 amide bonds. The Balaban J connectivity index is 2.61. The summed E-state index contributed by atoms with van der Waals surface area (Å²) in [6.07, 6.45) is 7.28. The Morgan fingerprint density at radius 1 is 1.29 bits per heavy atom. The third kappa shape index (κ3) is 1.40. The van der Waals surface area contributed by atoms with Gasteiger partial charge in [-0.15, -0.1) is 0 Å². The maximum absolute atomic E-state index is 10.9. The Labute approximate surface area is 81.4 Å². The smallest absolute Gasteiger partial charge is 0.337 e. The van der Waals surface area contributed by atoms with E-state index in [0.29, 0.717) is 11.3 Å². The van der Waals surface area contributed by atoms with Crippen molar-refractivity contribution >= 4 is 17.7 Å². The molecule has 0 saturated carbocycles. The number of para-hydroxylation sites is 1. The molecule has 0 atom stereocenters. The van der Waals surface area contributed by atoms with E-state index in [1.165, 1.54) is 0 Å². The van der Waals surface area contributed by atoms with Crippen molar-refractivity contribution < 1.29 is 9.90 Å². The molecule has 0 aromatic heterocycles. The molecular formula is C11H9NO2. The Morgan fingerprint density at radius 2 is 2.14 bits per heavy atom. The van der Waals surface area contributed by atoms with Crippen molar-refractivity contribution in [3.05, 3.63) is 47.7 Å². The Kier molecular flexibility index (Phi) is 2.07. The second-order valence-corrected chi connectivity index (χ2v) is 2.94. The molecule has 0 saturated heterocycles. The minimum Gasteiger partial charge on any atom is -0.478 e. The maximum Gasteiger partial charge on any atom is 0.337 e. The van der Waals surface area contributed by atoms with Crippen LogP contribution in [0, 0.1) is 0 Å². The Morgan fingerprint density at radius 3 is 2.93 bits per heavy atom. The lowest BCUT2D eigenvalue weighted by atomic mass is 10.1. The van der Waals surface area contributed by atoms with Gasteiger partial charge >= 0.3 is 5.97 Å². The number of carboxylic acid groups (broad SMARTS) is 1. The average molecular weight is 187 g/mol. The van der Waals surface area contributed by atoms with Crippen molar-refractivity contribution in [2.75, 3.05) is 5.32 Å². The van der Waals surface area contributed by atoms with Crippen LogP contribution in [0.5, 0.6) is 0 Å². The van der Waals surface area contributed by atoms with Gasteiger partial charge in [0.2, 0.25) is 0 Å². The Hall–Kier alpha value is -2.03. The zero-order chi connectivity index (χ0) is 9.97. The third-order valence-electron chi connectivity index (χ3n) is 2.04. The molecule has 0 radical (unpaired) electrons. The second-order valence-electron chi connectivity index (χ2n) is 2.94. The van der Waals surface area contributed by atoms with Gasteiger partial charge in [-0.3, -0.25) is 0 Å². The van der Waals surface area contributed by atoms with Gasteiger partial charge in [0, 0.05) is 6.20 Å². The molecule has 3 heteroatoms. The number of aromatic carboxylic acids is 1. The topological polar surface area (TPSA) is 49.3 Å². The first-order valence-electron chi connectivity index (χ1n) is 4.25. The molecule has 0 spiro atoms. The number of nitrogens with one attached hydrogen (secondary N) is 1. The fraction of sp³-hybridized carbons (Fsp3) is 0. The van der Waals surface area contributed by atoms with Gasteiger partial charge in [-0.2, -0.15) is 0 Å². The summed E-state index contributed by atoms with van der Waals surface area (Å²) in [5.74, 6) is -0.918. The van der Waals surface area contributed by atoms with Gasteiger partial charge in [0.05, 0.1) is 11.3 Å². The lowest BCUT2D eigenvalue weighted by Crippen LogP contribution is -2.03. The van der Waals surface area contributed by atoms with Crippen LogP contribution in [0.15, 0.2) is 36.6 Å². The van der Waals surface area contributed by atoms with Crippen LogP contribution in [0.4, 0.5) is 5.69 Å². The van der Waals surface area contributed by atoms with E-state index in [-0.39, 0.29) is 0 Å². The van der Waals surface area contributed by atoms with Crippen molar-refractivity contribution in [1.29, 1.82) is 0 Å². The van der Waals surface area contributed by atoms with Crippen molar-refractivity contribution in [2.45, 2.75) is 0 Å². The van der Waals surface area contributed by atoms with Crippen molar-refractivity contribution in [1.82, 2.24) is 0 Å². The van der Waals surface area contributed by atoms with E-state index in [9.17, 15) is 4.79 Å². The first-order valence-corrected chi connectivity index (χ1v) is 4.25. The van der Waals surface area contributed by atoms with E-state index in [1.807, 2.05) is 24.3 Å². The van der Waals surface area contributed by atoms with Gasteiger partial charge in [-0.25, -0.2) is 4.79 Å². The number of carbonyl (C=O) groups is 1. The number of benzene rings is 1. The predicted octanol–water partition coefficient (Wildman–Crippen LogP) is 2.34. The third-order valence-corrected chi connectivity index (χ3v) is 2.04. The van der Waals surface area contributed by atoms with Gasteiger partial charge in [0.25, 0.3) is 0 Å². The first-order chi connectivity index (χ1) is 6.79. The van der Waals surface area contributed by atoms with Gasteiger partial charge in [-0.1, -0.05) is 24.3 Å². The molecule has 0 bridgehead atoms. The molecule has 14 heavy (non-hydrogen) atoms. The van der Waals surface area contributed by atoms with Gasteiger partial charge in [-0.05, 0) is 17.7 Å². The maximum atomic E-state index is 10.9. The average Bonchev–Trinajstić information content (AvgIpc) is 2.41. The van der Waals surface area contributed by atoms with Crippen LogP contribution in [0.3, 0.4) is 0 Å². The molecule has 1 aliphatic heterocycles. The van der Waals surface area contributed by atoms with Gasteiger partial charge in [0.1, 0.15) is 0 Å². The predicted molar refractivity (Wildman–Crippen MR) is 55.2 cm³/mol. The molecule has 2 rings (SSSR count). The normalized spacial score (nSPS) is 12.9. The zero-order valence-corrected chi connectivity index (χ0v) is 7.40. The molecule has 2 N–H and O–H groups in total. The molecule has 0 fully saturated rings. The summed E-state index contributed by atoms with van der Waals surface area (Å²) >= 11 is 0. The molecular weight excluding hydrogens is 178 g/mol. The number of fused-ring (bicyclic) bond motifs is 1. The van der Waals surface area contributed by atoms with Gasteiger partial charge < -0.3 is 10.4 Å².